The minimum absolute atomic E-state index is 0.232. The molecule has 20 heavy (non-hydrogen) atoms. The lowest BCUT2D eigenvalue weighted by molar-refractivity contribution is 0.455. The summed E-state index contributed by atoms with van der Waals surface area (Å²) in [5.41, 5.74) is 6.21. The molecule has 0 aliphatic rings. The highest BCUT2D eigenvalue weighted by atomic mass is 32.1. The molecule has 4 nitrogen and oxygen atoms in total. The lowest BCUT2D eigenvalue weighted by Gasteiger charge is -2.08. The van der Waals surface area contributed by atoms with Crippen molar-refractivity contribution in [2.45, 2.75) is 0 Å². The van der Waals surface area contributed by atoms with Crippen molar-refractivity contribution in [3.63, 3.8) is 0 Å². The molecule has 5 heteroatoms. The highest BCUT2D eigenvalue weighted by Crippen LogP contribution is 2.26. The SMILES string of the molecule is NC(=S)c1ccnnc1Oc1ccc2ccccc2c1. The van der Waals surface area contributed by atoms with Crippen molar-refractivity contribution in [3.05, 3.63) is 60.3 Å². The third-order valence-electron chi connectivity index (χ3n) is 2.89. The molecule has 2 aromatic carbocycles. The van der Waals surface area contributed by atoms with Crippen LogP contribution in [0.5, 0.6) is 11.6 Å². The van der Waals surface area contributed by atoms with E-state index in [9.17, 15) is 0 Å². The van der Waals surface area contributed by atoms with Crippen molar-refractivity contribution in [2.75, 3.05) is 0 Å². The molecule has 1 aromatic heterocycles. The Bertz CT molecular complexity index is 789. The Kier molecular flexibility index (Phi) is 3.26. The first-order chi connectivity index (χ1) is 9.74. The molecule has 0 unspecified atom stereocenters. The normalized spacial score (nSPS) is 10.4. The molecule has 2 N–H and O–H groups in total. The van der Waals surface area contributed by atoms with Gasteiger partial charge in [0.2, 0.25) is 5.88 Å². The van der Waals surface area contributed by atoms with E-state index >= 15 is 0 Å². The fourth-order valence-electron chi connectivity index (χ4n) is 1.92. The molecule has 0 fully saturated rings. The predicted molar refractivity (Wildman–Crippen MR) is 81.9 cm³/mol. The molecule has 0 spiro atoms. The van der Waals surface area contributed by atoms with Gasteiger partial charge < -0.3 is 10.5 Å². The Labute approximate surface area is 121 Å². The Morgan fingerprint density at radius 2 is 1.85 bits per heavy atom. The summed E-state index contributed by atoms with van der Waals surface area (Å²) in [7, 11) is 0. The largest absolute Gasteiger partial charge is 0.437 e. The quantitative estimate of drug-likeness (QED) is 0.748. The number of fused-ring (bicyclic) bond motifs is 1. The Morgan fingerprint density at radius 1 is 1.05 bits per heavy atom. The summed E-state index contributed by atoms with van der Waals surface area (Å²) in [6.45, 7) is 0. The van der Waals surface area contributed by atoms with Gasteiger partial charge in [0.1, 0.15) is 10.7 Å². The number of hydrogen-bond acceptors (Lipinski definition) is 4. The van der Waals surface area contributed by atoms with E-state index in [-0.39, 0.29) is 4.99 Å². The van der Waals surface area contributed by atoms with E-state index in [2.05, 4.69) is 10.2 Å². The maximum atomic E-state index is 5.74. The summed E-state index contributed by atoms with van der Waals surface area (Å²) < 4.78 is 5.74. The lowest BCUT2D eigenvalue weighted by atomic mass is 10.1. The van der Waals surface area contributed by atoms with E-state index < -0.39 is 0 Å². The van der Waals surface area contributed by atoms with Gasteiger partial charge in [-0.3, -0.25) is 0 Å². The van der Waals surface area contributed by atoms with Gasteiger partial charge in [-0.2, -0.15) is 5.10 Å². The van der Waals surface area contributed by atoms with Crippen LogP contribution in [-0.4, -0.2) is 15.2 Å². The molecule has 0 atom stereocenters. The van der Waals surface area contributed by atoms with Crippen LogP contribution in [0.1, 0.15) is 5.56 Å². The van der Waals surface area contributed by atoms with E-state index in [1.807, 2.05) is 42.5 Å². The van der Waals surface area contributed by atoms with Gasteiger partial charge in [-0.25, -0.2) is 0 Å². The van der Waals surface area contributed by atoms with E-state index in [1.165, 1.54) is 6.20 Å². The standard InChI is InChI=1S/C15H11N3OS/c16-14(20)13-7-8-17-18-15(13)19-12-6-5-10-3-1-2-4-11(10)9-12/h1-9H,(H2,16,20). The summed E-state index contributed by atoms with van der Waals surface area (Å²) in [4.78, 5) is 0.232. The third-order valence-corrected chi connectivity index (χ3v) is 3.11. The van der Waals surface area contributed by atoms with Crippen molar-refractivity contribution in [2.24, 2.45) is 5.73 Å². The van der Waals surface area contributed by atoms with Crippen LogP contribution in [0.15, 0.2) is 54.7 Å². The Balaban J connectivity index is 1.99. The number of thiocarbonyl (C=S) groups is 1. The second kappa shape index (κ2) is 5.22. The zero-order valence-corrected chi connectivity index (χ0v) is 11.3. The molecule has 0 radical (unpaired) electrons. The molecule has 0 saturated carbocycles. The van der Waals surface area contributed by atoms with Gasteiger partial charge in [0.05, 0.1) is 11.8 Å². The van der Waals surface area contributed by atoms with Crippen molar-refractivity contribution in [3.8, 4) is 11.6 Å². The fraction of sp³-hybridized carbons (Fsp3) is 0. The summed E-state index contributed by atoms with van der Waals surface area (Å²) >= 11 is 4.97. The molecular weight excluding hydrogens is 270 g/mol. The van der Waals surface area contributed by atoms with Crippen LogP contribution in [0, 0.1) is 0 Å². The predicted octanol–water partition coefficient (Wildman–Crippen LogP) is 3.06. The van der Waals surface area contributed by atoms with Gasteiger partial charge in [-0.15, -0.1) is 5.10 Å². The molecule has 0 saturated heterocycles. The maximum absolute atomic E-state index is 5.74. The number of rotatable bonds is 3. The number of benzene rings is 2. The fourth-order valence-corrected chi connectivity index (χ4v) is 2.08. The highest BCUT2D eigenvalue weighted by Gasteiger charge is 2.09. The van der Waals surface area contributed by atoms with Crippen molar-refractivity contribution < 1.29 is 4.74 Å². The average molecular weight is 281 g/mol. The van der Waals surface area contributed by atoms with Crippen molar-refractivity contribution in [1.29, 1.82) is 0 Å². The number of hydrogen-bond donors (Lipinski definition) is 1. The summed E-state index contributed by atoms with van der Waals surface area (Å²) in [6.07, 6.45) is 1.53. The van der Waals surface area contributed by atoms with Gasteiger partial charge >= 0.3 is 0 Å². The molecular formula is C15H11N3OS. The number of ether oxygens (including phenoxy) is 1. The average Bonchev–Trinajstić information content (AvgIpc) is 2.47. The van der Waals surface area contributed by atoms with Gasteiger partial charge in [0.15, 0.2) is 0 Å². The second-order valence-electron chi connectivity index (χ2n) is 4.23. The van der Waals surface area contributed by atoms with Gasteiger partial charge in [0.25, 0.3) is 0 Å². The number of nitrogens with zero attached hydrogens (tertiary/aromatic N) is 2. The minimum Gasteiger partial charge on any atom is -0.437 e. The lowest BCUT2D eigenvalue weighted by Crippen LogP contribution is -2.12. The van der Waals surface area contributed by atoms with E-state index in [4.69, 9.17) is 22.7 Å². The summed E-state index contributed by atoms with van der Waals surface area (Å²) in [6, 6.07) is 15.5. The van der Waals surface area contributed by atoms with Gasteiger partial charge in [-0.05, 0) is 29.0 Å². The van der Waals surface area contributed by atoms with Crippen molar-refractivity contribution >= 4 is 28.0 Å². The van der Waals surface area contributed by atoms with Crippen LogP contribution in [-0.2, 0) is 0 Å². The first-order valence-corrected chi connectivity index (χ1v) is 6.43. The van der Waals surface area contributed by atoms with E-state index in [1.54, 1.807) is 6.07 Å². The van der Waals surface area contributed by atoms with Crippen LogP contribution in [0.25, 0.3) is 10.8 Å². The molecule has 0 aliphatic carbocycles. The van der Waals surface area contributed by atoms with Crippen LogP contribution in [0.4, 0.5) is 0 Å². The van der Waals surface area contributed by atoms with Crippen LogP contribution < -0.4 is 10.5 Å². The summed E-state index contributed by atoms with van der Waals surface area (Å²) in [5.74, 6) is 0.983. The van der Waals surface area contributed by atoms with Crippen LogP contribution in [0.2, 0.25) is 0 Å². The monoisotopic (exact) mass is 281 g/mol. The molecule has 0 bridgehead atoms. The molecule has 1 heterocycles. The molecule has 0 amide bonds. The second-order valence-corrected chi connectivity index (χ2v) is 4.67. The molecule has 3 aromatic rings. The van der Waals surface area contributed by atoms with Gasteiger partial charge in [-0.1, -0.05) is 42.5 Å². The zero-order valence-electron chi connectivity index (χ0n) is 10.5. The number of aromatic nitrogens is 2. The topological polar surface area (TPSA) is 61.0 Å². The van der Waals surface area contributed by atoms with Crippen molar-refractivity contribution in [1.82, 2.24) is 10.2 Å². The third kappa shape index (κ3) is 2.44. The Morgan fingerprint density at radius 3 is 2.65 bits per heavy atom. The first kappa shape index (κ1) is 12.5. The van der Waals surface area contributed by atoms with E-state index in [0.717, 1.165) is 10.8 Å². The van der Waals surface area contributed by atoms with Crippen LogP contribution >= 0.6 is 12.2 Å². The number of nitrogens with two attached hydrogens (primary N) is 1. The minimum atomic E-state index is 0.232. The zero-order chi connectivity index (χ0) is 13.9. The van der Waals surface area contributed by atoms with Crippen LogP contribution in [0.3, 0.4) is 0 Å². The molecule has 98 valence electrons. The summed E-state index contributed by atoms with van der Waals surface area (Å²) in [5, 5.41) is 9.97. The maximum Gasteiger partial charge on any atom is 0.249 e. The highest BCUT2D eigenvalue weighted by molar-refractivity contribution is 7.80. The smallest absolute Gasteiger partial charge is 0.249 e. The Hall–Kier alpha value is -2.53. The molecule has 3 rings (SSSR count). The first-order valence-electron chi connectivity index (χ1n) is 6.02. The van der Waals surface area contributed by atoms with E-state index in [0.29, 0.717) is 17.2 Å². The van der Waals surface area contributed by atoms with Gasteiger partial charge in [0, 0.05) is 0 Å². The molecule has 0 aliphatic heterocycles.